The number of hydrogen-bond donors (Lipinski definition) is 1. The number of aromatic amines is 1. The van der Waals surface area contributed by atoms with Gasteiger partial charge in [0.1, 0.15) is 5.82 Å². The van der Waals surface area contributed by atoms with Gasteiger partial charge in [-0.3, -0.25) is 0 Å². The summed E-state index contributed by atoms with van der Waals surface area (Å²) >= 11 is 3.49. The SMILES string of the molecule is Brc1ccc(-c2cc(-c3nc4ccccc4[nH]3)c3ccccc3n2)cc1. The molecule has 4 heteroatoms. The Bertz CT molecular complexity index is 1210. The molecule has 3 nitrogen and oxygen atoms in total. The van der Waals surface area contributed by atoms with E-state index in [1.807, 2.05) is 54.6 Å². The van der Waals surface area contributed by atoms with Crippen LogP contribution < -0.4 is 0 Å². The van der Waals surface area contributed by atoms with Gasteiger partial charge in [0.15, 0.2) is 0 Å². The lowest BCUT2D eigenvalue weighted by Gasteiger charge is -2.08. The van der Waals surface area contributed by atoms with Crippen molar-refractivity contribution in [3.8, 4) is 22.6 Å². The van der Waals surface area contributed by atoms with Gasteiger partial charge in [-0.05, 0) is 36.4 Å². The molecule has 0 atom stereocenters. The van der Waals surface area contributed by atoms with E-state index in [9.17, 15) is 0 Å². The highest BCUT2D eigenvalue weighted by Crippen LogP contribution is 2.32. The van der Waals surface area contributed by atoms with E-state index in [1.54, 1.807) is 0 Å². The van der Waals surface area contributed by atoms with Crippen molar-refractivity contribution < 1.29 is 0 Å². The maximum Gasteiger partial charge on any atom is 0.139 e. The Morgan fingerprint density at radius 3 is 2.27 bits per heavy atom. The Balaban J connectivity index is 1.78. The van der Waals surface area contributed by atoms with Crippen LogP contribution in [0.15, 0.2) is 83.3 Å². The third-order valence-corrected chi connectivity index (χ3v) is 5.03. The Labute approximate surface area is 158 Å². The number of nitrogens with zero attached hydrogens (tertiary/aromatic N) is 2. The molecule has 26 heavy (non-hydrogen) atoms. The van der Waals surface area contributed by atoms with Crippen LogP contribution in [0.4, 0.5) is 0 Å². The molecule has 124 valence electrons. The molecule has 0 spiro atoms. The number of hydrogen-bond acceptors (Lipinski definition) is 2. The zero-order valence-corrected chi connectivity index (χ0v) is 15.4. The number of nitrogens with one attached hydrogen (secondary N) is 1. The van der Waals surface area contributed by atoms with Gasteiger partial charge in [0.2, 0.25) is 0 Å². The highest BCUT2D eigenvalue weighted by Gasteiger charge is 2.12. The minimum absolute atomic E-state index is 0.864. The minimum Gasteiger partial charge on any atom is -0.338 e. The van der Waals surface area contributed by atoms with Crippen LogP contribution >= 0.6 is 15.9 Å². The summed E-state index contributed by atoms with van der Waals surface area (Å²) in [5.74, 6) is 0.864. The van der Waals surface area contributed by atoms with E-state index in [1.165, 1.54) is 0 Å². The standard InChI is InChI=1S/C22H14BrN3/c23-15-11-9-14(10-12-15)21-13-17(16-5-1-2-6-18(16)24-21)22-25-19-7-3-4-8-20(19)26-22/h1-13H,(H,25,26). The molecule has 0 bridgehead atoms. The molecule has 0 aliphatic heterocycles. The first-order valence-corrected chi connectivity index (χ1v) is 9.18. The number of fused-ring (bicyclic) bond motifs is 2. The summed E-state index contributed by atoms with van der Waals surface area (Å²) < 4.78 is 1.06. The van der Waals surface area contributed by atoms with E-state index >= 15 is 0 Å². The maximum absolute atomic E-state index is 4.86. The molecule has 3 aromatic carbocycles. The Morgan fingerprint density at radius 2 is 1.46 bits per heavy atom. The second-order valence-electron chi connectivity index (χ2n) is 6.18. The van der Waals surface area contributed by atoms with E-state index < -0.39 is 0 Å². The fourth-order valence-electron chi connectivity index (χ4n) is 3.22. The van der Waals surface area contributed by atoms with E-state index in [4.69, 9.17) is 9.97 Å². The zero-order chi connectivity index (χ0) is 17.5. The van der Waals surface area contributed by atoms with Gasteiger partial charge in [0, 0.05) is 21.0 Å². The fraction of sp³-hybridized carbons (Fsp3) is 0. The van der Waals surface area contributed by atoms with E-state index in [2.05, 4.69) is 45.2 Å². The van der Waals surface area contributed by atoms with Crippen molar-refractivity contribution in [1.29, 1.82) is 0 Å². The average molecular weight is 400 g/mol. The van der Waals surface area contributed by atoms with Crippen molar-refractivity contribution in [3.05, 3.63) is 83.3 Å². The molecule has 0 saturated carbocycles. The van der Waals surface area contributed by atoms with Crippen LogP contribution in [0.25, 0.3) is 44.6 Å². The minimum atomic E-state index is 0.864. The third-order valence-electron chi connectivity index (χ3n) is 4.50. The molecule has 1 N–H and O–H groups in total. The first-order valence-electron chi connectivity index (χ1n) is 8.39. The highest BCUT2D eigenvalue weighted by molar-refractivity contribution is 9.10. The van der Waals surface area contributed by atoms with Gasteiger partial charge in [0.25, 0.3) is 0 Å². The summed E-state index contributed by atoms with van der Waals surface area (Å²) in [5, 5.41) is 1.09. The number of halogens is 1. The van der Waals surface area contributed by atoms with E-state index in [-0.39, 0.29) is 0 Å². The van der Waals surface area contributed by atoms with Crippen LogP contribution in [-0.2, 0) is 0 Å². The lowest BCUT2D eigenvalue weighted by molar-refractivity contribution is 1.32. The number of aromatic nitrogens is 3. The van der Waals surface area contributed by atoms with E-state index in [0.717, 1.165) is 49.1 Å². The van der Waals surface area contributed by atoms with Crippen LogP contribution in [-0.4, -0.2) is 15.0 Å². The molecule has 5 aromatic rings. The summed E-state index contributed by atoms with van der Waals surface area (Å²) in [6.45, 7) is 0. The van der Waals surface area contributed by atoms with Gasteiger partial charge >= 0.3 is 0 Å². The topological polar surface area (TPSA) is 41.6 Å². The molecule has 5 rings (SSSR count). The molecule has 2 aromatic heterocycles. The normalized spacial score (nSPS) is 11.3. The molecule has 0 unspecified atom stereocenters. The largest absolute Gasteiger partial charge is 0.338 e. The Hall–Kier alpha value is -2.98. The second-order valence-corrected chi connectivity index (χ2v) is 7.10. The lowest BCUT2D eigenvalue weighted by atomic mass is 10.0. The van der Waals surface area contributed by atoms with Crippen LogP contribution in [0.1, 0.15) is 0 Å². The quantitative estimate of drug-likeness (QED) is 0.383. The molecule has 0 saturated heterocycles. The van der Waals surface area contributed by atoms with Gasteiger partial charge < -0.3 is 4.98 Å². The van der Waals surface area contributed by atoms with Crippen molar-refractivity contribution in [3.63, 3.8) is 0 Å². The smallest absolute Gasteiger partial charge is 0.139 e. The van der Waals surface area contributed by atoms with Crippen LogP contribution in [0.2, 0.25) is 0 Å². The number of pyridine rings is 1. The van der Waals surface area contributed by atoms with Gasteiger partial charge in [0.05, 0.1) is 22.2 Å². The number of rotatable bonds is 2. The Morgan fingerprint density at radius 1 is 0.731 bits per heavy atom. The monoisotopic (exact) mass is 399 g/mol. The summed E-state index contributed by atoms with van der Waals surface area (Å²) in [4.78, 5) is 13.1. The molecular weight excluding hydrogens is 386 g/mol. The highest BCUT2D eigenvalue weighted by atomic mass is 79.9. The molecule has 0 aliphatic rings. The summed E-state index contributed by atoms with van der Waals surface area (Å²) in [5.41, 5.74) is 6.04. The van der Waals surface area contributed by atoms with Gasteiger partial charge in [-0.15, -0.1) is 0 Å². The predicted molar refractivity (Wildman–Crippen MR) is 110 cm³/mol. The van der Waals surface area contributed by atoms with Crippen molar-refractivity contribution in [2.45, 2.75) is 0 Å². The van der Waals surface area contributed by atoms with Crippen LogP contribution in [0.3, 0.4) is 0 Å². The first kappa shape index (κ1) is 15.3. The number of benzene rings is 3. The lowest BCUT2D eigenvalue weighted by Crippen LogP contribution is -1.91. The molecule has 2 heterocycles. The summed E-state index contributed by atoms with van der Waals surface area (Å²) in [7, 11) is 0. The third kappa shape index (κ3) is 2.59. The van der Waals surface area contributed by atoms with Crippen molar-refractivity contribution >= 4 is 37.9 Å². The van der Waals surface area contributed by atoms with Crippen LogP contribution in [0, 0.1) is 0 Å². The zero-order valence-electron chi connectivity index (χ0n) is 13.8. The molecule has 0 radical (unpaired) electrons. The Kier molecular flexibility index (Phi) is 3.57. The molecule has 0 amide bonds. The average Bonchev–Trinajstić information content (AvgIpc) is 3.12. The second kappa shape index (κ2) is 6.07. The number of imidazole rings is 1. The van der Waals surface area contributed by atoms with Crippen LogP contribution in [0.5, 0.6) is 0 Å². The summed E-state index contributed by atoms with van der Waals surface area (Å²) in [6.07, 6.45) is 0. The van der Waals surface area contributed by atoms with Gasteiger partial charge in [-0.25, -0.2) is 9.97 Å². The molecule has 0 fully saturated rings. The first-order chi connectivity index (χ1) is 12.8. The molecule has 0 aliphatic carbocycles. The predicted octanol–water partition coefficient (Wildman–Crippen LogP) is 6.21. The number of para-hydroxylation sites is 3. The molecular formula is C22H14BrN3. The van der Waals surface area contributed by atoms with Crippen molar-refractivity contribution in [1.82, 2.24) is 15.0 Å². The van der Waals surface area contributed by atoms with E-state index in [0.29, 0.717) is 0 Å². The van der Waals surface area contributed by atoms with Crippen molar-refractivity contribution in [2.24, 2.45) is 0 Å². The fourth-order valence-corrected chi connectivity index (χ4v) is 3.48. The summed E-state index contributed by atoms with van der Waals surface area (Å²) in [6, 6.07) is 26.6. The van der Waals surface area contributed by atoms with Crippen molar-refractivity contribution in [2.75, 3.05) is 0 Å². The van der Waals surface area contributed by atoms with Gasteiger partial charge in [-0.1, -0.05) is 58.4 Å². The van der Waals surface area contributed by atoms with Gasteiger partial charge in [-0.2, -0.15) is 0 Å². The number of H-pyrrole nitrogens is 1. The maximum atomic E-state index is 4.86.